The minimum Gasteiger partial charge on any atom is -0.496 e. The van der Waals surface area contributed by atoms with Gasteiger partial charge in [-0.25, -0.2) is 0 Å². The Kier molecular flexibility index (Phi) is 4.00. The molecule has 88 valence electrons. The van der Waals surface area contributed by atoms with Gasteiger partial charge in [-0.05, 0) is 18.2 Å². The third kappa shape index (κ3) is 3.23. The molecule has 3 heteroatoms. The van der Waals surface area contributed by atoms with E-state index in [0.29, 0.717) is 6.54 Å². The van der Waals surface area contributed by atoms with E-state index in [4.69, 9.17) is 9.57 Å². The van der Waals surface area contributed by atoms with Crippen LogP contribution in [0.1, 0.15) is 5.56 Å². The van der Waals surface area contributed by atoms with Crippen molar-refractivity contribution in [2.45, 2.75) is 6.54 Å². The van der Waals surface area contributed by atoms with Crippen molar-refractivity contribution < 1.29 is 9.57 Å². The van der Waals surface area contributed by atoms with E-state index in [2.05, 4.69) is 5.48 Å². The summed E-state index contributed by atoms with van der Waals surface area (Å²) < 4.78 is 5.25. The molecule has 2 rings (SSSR count). The highest BCUT2D eigenvalue weighted by molar-refractivity contribution is 5.32. The summed E-state index contributed by atoms with van der Waals surface area (Å²) in [6, 6.07) is 17.5. The first-order valence-electron chi connectivity index (χ1n) is 5.47. The van der Waals surface area contributed by atoms with Crippen molar-refractivity contribution in [2.75, 3.05) is 7.11 Å². The normalized spacial score (nSPS) is 9.94. The molecule has 0 saturated carbocycles. The fourth-order valence-corrected chi connectivity index (χ4v) is 1.53. The van der Waals surface area contributed by atoms with Crippen LogP contribution >= 0.6 is 0 Å². The third-order valence-corrected chi connectivity index (χ3v) is 2.39. The number of methoxy groups -OCH3 is 1. The smallest absolute Gasteiger partial charge is 0.147 e. The van der Waals surface area contributed by atoms with Gasteiger partial charge in [0, 0.05) is 5.56 Å². The highest BCUT2D eigenvalue weighted by Gasteiger charge is 2.00. The molecule has 0 radical (unpaired) electrons. The van der Waals surface area contributed by atoms with Gasteiger partial charge in [0.05, 0.1) is 13.7 Å². The lowest BCUT2D eigenvalue weighted by Crippen LogP contribution is -2.18. The van der Waals surface area contributed by atoms with Crippen LogP contribution in [-0.2, 0) is 6.54 Å². The largest absolute Gasteiger partial charge is 0.496 e. The zero-order valence-electron chi connectivity index (χ0n) is 9.72. The molecular weight excluding hydrogens is 214 g/mol. The molecule has 0 atom stereocenters. The van der Waals surface area contributed by atoms with Gasteiger partial charge in [0.1, 0.15) is 11.5 Å². The number of ether oxygens (including phenoxy) is 1. The van der Waals surface area contributed by atoms with E-state index in [1.807, 2.05) is 54.6 Å². The van der Waals surface area contributed by atoms with E-state index in [9.17, 15) is 0 Å². The summed E-state index contributed by atoms with van der Waals surface area (Å²) in [7, 11) is 1.66. The third-order valence-electron chi connectivity index (χ3n) is 2.39. The second-order valence-corrected chi connectivity index (χ2v) is 3.55. The molecular formula is C14H15NO2. The predicted octanol–water partition coefficient (Wildman–Crippen LogP) is 2.78. The molecule has 0 unspecified atom stereocenters. The van der Waals surface area contributed by atoms with Crippen molar-refractivity contribution in [1.29, 1.82) is 0 Å². The van der Waals surface area contributed by atoms with E-state index < -0.39 is 0 Å². The molecule has 0 aliphatic heterocycles. The Hall–Kier alpha value is -2.00. The van der Waals surface area contributed by atoms with Crippen LogP contribution in [-0.4, -0.2) is 7.11 Å². The van der Waals surface area contributed by atoms with Gasteiger partial charge < -0.3 is 9.57 Å². The molecule has 0 fully saturated rings. The average Bonchev–Trinajstić information content (AvgIpc) is 2.40. The van der Waals surface area contributed by atoms with Crippen LogP contribution in [0, 0.1) is 0 Å². The first kappa shape index (κ1) is 11.5. The van der Waals surface area contributed by atoms with Gasteiger partial charge >= 0.3 is 0 Å². The topological polar surface area (TPSA) is 30.5 Å². The van der Waals surface area contributed by atoms with Crippen molar-refractivity contribution in [3.05, 3.63) is 60.2 Å². The summed E-state index contributed by atoms with van der Waals surface area (Å²) in [6.45, 7) is 0.596. The van der Waals surface area contributed by atoms with Gasteiger partial charge in [-0.3, -0.25) is 0 Å². The van der Waals surface area contributed by atoms with E-state index >= 15 is 0 Å². The summed E-state index contributed by atoms with van der Waals surface area (Å²) in [6.07, 6.45) is 0. The zero-order chi connectivity index (χ0) is 11.9. The number of benzene rings is 2. The Morgan fingerprint density at radius 3 is 2.41 bits per heavy atom. The molecule has 3 nitrogen and oxygen atoms in total. The zero-order valence-corrected chi connectivity index (χ0v) is 9.72. The lowest BCUT2D eigenvalue weighted by Gasteiger charge is -2.10. The summed E-state index contributed by atoms with van der Waals surface area (Å²) in [5.41, 5.74) is 3.97. The molecule has 0 heterocycles. The Balaban J connectivity index is 1.90. The molecule has 2 aromatic carbocycles. The fraction of sp³-hybridized carbons (Fsp3) is 0.143. The Morgan fingerprint density at radius 2 is 1.65 bits per heavy atom. The minimum atomic E-state index is 0.596. The van der Waals surface area contributed by atoms with Gasteiger partial charge in [-0.15, -0.1) is 0 Å². The quantitative estimate of drug-likeness (QED) is 0.800. The number of rotatable bonds is 5. The van der Waals surface area contributed by atoms with Crippen molar-refractivity contribution in [1.82, 2.24) is 5.48 Å². The van der Waals surface area contributed by atoms with Crippen LogP contribution in [0.5, 0.6) is 11.5 Å². The molecule has 2 aromatic rings. The second-order valence-electron chi connectivity index (χ2n) is 3.55. The minimum absolute atomic E-state index is 0.596. The Morgan fingerprint density at radius 1 is 0.941 bits per heavy atom. The van der Waals surface area contributed by atoms with Crippen LogP contribution in [0.2, 0.25) is 0 Å². The Labute approximate surface area is 101 Å². The molecule has 0 aliphatic carbocycles. The first-order chi connectivity index (χ1) is 8.40. The molecule has 0 aliphatic rings. The molecule has 0 aromatic heterocycles. The van der Waals surface area contributed by atoms with Gasteiger partial charge in [-0.2, -0.15) is 5.48 Å². The summed E-state index contributed by atoms with van der Waals surface area (Å²) in [4.78, 5) is 5.40. The number of para-hydroxylation sites is 2. The molecule has 17 heavy (non-hydrogen) atoms. The summed E-state index contributed by atoms with van der Waals surface area (Å²) in [5, 5.41) is 0. The average molecular weight is 229 g/mol. The van der Waals surface area contributed by atoms with E-state index in [1.54, 1.807) is 7.11 Å². The first-order valence-corrected chi connectivity index (χ1v) is 5.47. The maximum Gasteiger partial charge on any atom is 0.147 e. The van der Waals surface area contributed by atoms with E-state index in [1.165, 1.54) is 0 Å². The standard InChI is InChI=1S/C14H15NO2/c1-16-14-10-6-5-7-12(14)11-15-17-13-8-3-2-4-9-13/h2-10,15H,11H2,1H3. The number of nitrogens with one attached hydrogen (secondary N) is 1. The van der Waals surface area contributed by atoms with Crippen LogP contribution in [0.25, 0.3) is 0 Å². The van der Waals surface area contributed by atoms with Gasteiger partial charge in [0.15, 0.2) is 0 Å². The lowest BCUT2D eigenvalue weighted by atomic mass is 10.2. The summed E-state index contributed by atoms with van der Waals surface area (Å²) in [5.74, 6) is 1.65. The van der Waals surface area contributed by atoms with Crippen molar-refractivity contribution in [3.8, 4) is 11.5 Å². The monoisotopic (exact) mass is 229 g/mol. The lowest BCUT2D eigenvalue weighted by molar-refractivity contribution is 0.189. The van der Waals surface area contributed by atoms with Gasteiger partial charge in [0.2, 0.25) is 0 Å². The fourth-order valence-electron chi connectivity index (χ4n) is 1.53. The number of hydrogen-bond acceptors (Lipinski definition) is 3. The highest BCUT2D eigenvalue weighted by atomic mass is 16.6. The van der Waals surface area contributed by atoms with Crippen molar-refractivity contribution in [3.63, 3.8) is 0 Å². The van der Waals surface area contributed by atoms with Crippen LogP contribution in [0.4, 0.5) is 0 Å². The molecule has 1 N–H and O–H groups in total. The molecule has 0 saturated heterocycles. The van der Waals surface area contributed by atoms with E-state index in [0.717, 1.165) is 17.1 Å². The van der Waals surface area contributed by atoms with Crippen LogP contribution in [0.15, 0.2) is 54.6 Å². The second kappa shape index (κ2) is 5.92. The number of hydrogen-bond donors (Lipinski definition) is 1. The van der Waals surface area contributed by atoms with Crippen LogP contribution in [0.3, 0.4) is 0 Å². The van der Waals surface area contributed by atoms with Gasteiger partial charge in [0.25, 0.3) is 0 Å². The maximum absolute atomic E-state index is 5.40. The molecule has 0 bridgehead atoms. The number of hydroxylamine groups is 1. The predicted molar refractivity (Wildman–Crippen MR) is 66.9 cm³/mol. The highest BCUT2D eigenvalue weighted by Crippen LogP contribution is 2.17. The van der Waals surface area contributed by atoms with Crippen molar-refractivity contribution in [2.24, 2.45) is 0 Å². The van der Waals surface area contributed by atoms with Gasteiger partial charge in [-0.1, -0.05) is 36.4 Å². The molecule has 0 spiro atoms. The summed E-state index contributed by atoms with van der Waals surface area (Å²) >= 11 is 0. The van der Waals surface area contributed by atoms with Crippen LogP contribution < -0.4 is 15.1 Å². The van der Waals surface area contributed by atoms with Crippen molar-refractivity contribution >= 4 is 0 Å². The van der Waals surface area contributed by atoms with E-state index in [-0.39, 0.29) is 0 Å². The maximum atomic E-state index is 5.40. The molecule has 0 amide bonds. The SMILES string of the molecule is COc1ccccc1CNOc1ccccc1. The Bertz CT molecular complexity index is 457.